The average Bonchev–Trinajstić information content (AvgIpc) is 3.07. The van der Waals surface area contributed by atoms with Gasteiger partial charge in [-0.15, -0.1) is 0 Å². The fourth-order valence-electron chi connectivity index (χ4n) is 3.36. The second kappa shape index (κ2) is 13.4. The Labute approximate surface area is 181 Å². The van der Waals surface area contributed by atoms with Gasteiger partial charge in [0.25, 0.3) is 0 Å². The van der Waals surface area contributed by atoms with Gasteiger partial charge in [0.1, 0.15) is 7.11 Å². The zero-order valence-corrected chi connectivity index (χ0v) is 20.3. The lowest BCUT2D eigenvalue weighted by atomic mass is 10.0. The minimum atomic E-state index is -1.73. The summed E-state index contributed by atoms with van der Waals surface area (Å²) in [6, 6.07) is 0. The van der Waals surface area contributed by atoms with E-state index in [4.69, 9.17) is 18.7 Å². The summed E-state index contributed by atoms with van der Waals surface area (Å²) in [5.74, 6) is -0.412. The van der Waals surface area contributed by atoms with Crippen molar-refractivity contribution in [2.45, 2.75) is 77.1 Å². The highest BCUT2D eigenvalue weighted by Gasteiger charge is 2.23. The first-order valence-electron chi connectivity index (χ1n) is 10.5. The third-order valence-corrected chi connectivity index (χ3v) is 5.75. The van der Waals surface area contributed by atoms with Gasteiger partial charge >= 0.3 is 11.9 Å². The van der Waals surface area contributed by atoms with Gasteiger partial charge in [-0.05, 0) is 62.9 Å². The maximum Gasteiger partial charge on any atom is 0.305 e. The first kappa shape index (κ1) is 26.1. The molecule has 170 valence electrons. The third kappa shape index (κ3) is 10.2. The number of nitrogens with zero attached hydrogens (tertiary/aromatic N) is 1. The quantitative estimate of drug-likeness (QED) is 0.181. The molecule has 0 heterocycles. The van der Waals surface area contributed by atoms with E-state index in [9.17, 15) is 9.59 Å². The van der Waals surface area contributed by atoms with Gasteiger partial charge in [-0.25, -0.2) is 0 Å². The van der Waals surface area contributed by atoms with Crippen LogP contribution in [0, 0.1) is 0 Å². The van der Waals surface area contributed by atoms with Crippen LogP contribution in [0.15, 0.2) is 28.5 Å². The highest BCUT2D eigenvalue weighted by atomic mass is 28.4. The number of oxime groups is 1. The number of carbonyl (C=O) groups excluding carboxylic acids is 2. The second-order valence-electron chi connectivity index (χ2n) is 8.25. The molecule has 7 nitrogen and oxygen atoms in total. The van der Waals surface area contributed by atoms with Crippen molar-refractivity contribution < 1.29 is 28.3 Å². The number of hydrogen-bond acceptors (Lipinski definition) is 7. The molecule has 0 aromatic heterocycles. The maximum atomic E-state index is 11.6. The smallest absolute Gasteiger partial charge is 0.305 e. The minimum absolute atomic E-state index is 0.00733. The average molecular weight is 440 g/mol. The van der Waals surface area contributed by atoms with Gasteiger partial charge in [-0.2, -0.15) is 0 Å². The molecular formula is C22H37NO6Si. The molecule has 0 aromatic rings. The summed E-state index contributed by atoms with van der Waals surface area (Å²) in [7, 11) is 2.62. The molecule has 30 heavy (non-hydrogen) atoms. The van der Waals surface area contributed by atoms with E-state index in [2.05, 4.69) is 36.9 Å². The lowest BCUT2D eigenvalue weighted by Gasteiger charge is -2.24. The number of allylic oxidation sites excluding steroid dienone is 3. The van der Waals surface area contributed by atoms with E-state index in [-0.39, 0.29) is 18.0 Å². The maximum absolute atomic E-state index is 11.6. The van der Waals surface area contributed by atoms with Crippen LogP contribution in [0.2, 0.25) is 19.6 Å². The van der Waals surface area contributed by atoms with E-state index in [1.807, 2.05) is 0 Å². The Morgan fingerprint density at radius 2 is 1.70 bits per heavy atom. The molecule has 1 atom stereocenters. The Kier molecular flexibility index (Phi) is 11.6. The van der Waals surface area contributed by atoms with Crippen molar-refractivity contribution in [1.29, 1.82) is 0 Å². The van der Waals surface area contributed by atoms with Crippen LogP contribution in [-0.4, -0.2) is 53.4 Å². The lowest BCUT2D eigenvalue weighted by Crippen LogP contribution is -2.31. The topological polar surface area (TPSA) is 83.4 Å². The van der Waals surface area contributed by atoms with Crippen LogP contribution in [-0.2, 0) is 28.3 Å². The van der Waals surface area contributed by atoms with Crippen LogP contribution in [0.25, 0.3) is 0 Å². The Morgan fingerprint density at radius 3 is 2.30 bits per heavy atom. The van der Waals surface area contributed by atoms with Crippen LogP contribution in [0.1, 0.15) is 51.4 Å². The van der Waals surface area contributed by atoms with Crippen molar-refractivity contribution in [1.82, 2.24) is 0 Å². The Bertz CT molecular complexity index is 663. The SMILES string of the molecule is CO/N=C1\CCC(/C=C/C(CCCCC(=O)OC)O[Si](C)(C)C)=C1CCC(=O)OC. The van der Waals surface area contributed by atoms with E-state index >= 15 is 0 Å². The molecule has 0 amide bonds. The number of hydrogen-bond donors (Lipinski definition) is 0. The summed E-state index contributed by atoms with van der Waals surface area (Å²) >= 11 is 0. The van der Waals surface area contributed by atoms with Crippen LogP contribution < -0.4 is 0 Å². The molecule has 8 heteroatoms. The molecule has 0 aliphatic heterocycles. The van der Waals surface area contributed by atoms with Crippen LogP contribution in [0.3, 0.4) is 0 Å². The first-order valence-corrected chi connectivity index (χ1v) is 13.9. The summed E-state index contributed by atoms with van der Waals surface area (Å²) in [5.41, 5.74) is 3.10. The number of carbonyl (C=O) groups is 2. The minimum Gasteiger partial charge on any atom is -0.469 e. The number of ether oxygens (including phenoxy) is 2. The molecule has 0 bridgehead atoms. The van der Waals surface area contributed by atoms with Gasteiger partial charge in [0.15, 0.2) is 8.32 Å². The molecule has 1 aliphatic rings. The van der Waals surface area contributed by atoms with E-state index in [1.54, 1.807) is 0 Å². The summed E-state index contributed by atoms with van der Waals surface area (Å²) in [4.78, 5) is 27.9. The molecule has 1 aliphatic carbocycles. The van der Waals surface area contributed by atoms with Crippen LogP contribution >= 0.6 is 0 Å². The molecule has 1 rings (SSSR count). The normalized spacial score (nSPS) is 16.9. The van der Waals surface area contributed by atoms with Crippen molar-refractivity contribution in [2.24, 2.45) is 5.16 Å². The van der Waals surface area contributed by atoms with Gasteiger partial charge in [0, 0.05) is 12.8 Å². The predicted molar refractivity (Wildman–Crippen MR) is 120 cm³/mol. The zero-order valence-electron chi connectivity index (χ0n) is 19.3. The molecule has 0 fully saturated rings. The number of unbranched alkanes of at least 4 members (excludes halogenated alkanes) is 1. The van der Waals surface area contributed by atoms with Crippen molar-refractivity contribution in [2.75, 3.05) is 21.3 Å². The zero-order chi connectivity index (χ0) is 22.6. The fourth-order valence-corrected chi connectivity index (χ4v) is 4.46. The van der Waals surface area contributed by atoms with Gasteiger partial charge in [-0.1, -0.05) is 23.7 Å². The second-order valence-corrected chi connectivity index (χ2v) is 12.7. The van der Waals surface area contributed by atoms with Crippen molar-refractivity contribution >= 4 is 26.0 Å². The molecule has 0 aromatic carbocycles. The fraction of sp³-hybridized carbons (Fsp3) is 0.682. The van der Waals surface area contributed by atoms with E-state index in [0.29, 0.717) is 19.3 Å². The van der Waals surface area contributed by atoms with Gasteiger partial charge < -0.3 is 18.7 Å². The largest absolute Gasteiger partial charge is 0.469 e. The first-order chi connectivity index (χ1) is 14.2. The number of esters is 2. The van der Waals surface area contributed by atoms with Crippen molar-refractivity contribution in [3.63, 3.8) is 0 Å². The summed E-state index contributed by atoms with van der Waals surface area (Å²) in [6.07, 6.45) is 9.70. The predicted octanol–water partition coefficient (Wildman–Crippen LogP) is 4.54. The van der Waals surface area contributed by atoms with Gasteiger partial charge in [0.2, 0.25) is 0 Å². The highest BCUT2D eigenvalue weighted by Crippen LogP contribution is 2.29. The standard InChI is InChI=1S/C22H37NO6Si/c1-26-21(24)10-8-7-9-18(29-30(4,5)6)13-11-17-12-15-20(23-28-3)19(17)14-16-22(25)27-2/h11,13,18H,7-10,12,14-16H2,1-6H3/b13-11+,23-20+. The summed E-state index contributed by atoms with van der Waals surface area (Å²) in [6.45, 7) is 6.51. The van der Waals surface area contributed by atoms with Crippen molar-refractivity contribution in [3.05, 3.63) is 23.3 Å². The molecule has 0 radical (unpaired) electrons. The highest BCUT2D eigenvalue weighted by molar-refractivity contribution is 6.69. The Balaban J connectivity index is 2.89. The molecule has 0 saturated carbocycles. The molecule has 1 unspecified atom stereocenters. The van der Waals surface area contributed by atoms with E-state index < -0.39 is 8.32 Å². The van der Waals surface area contributed by atoms with E-state index in [0.717, 1.165) is 49.0 Å². The van der Waals surface area contributed by atoms with Crippen molar-refractivity contribution in [3.8, 4) is 0 Å². The molecule has 0 spiro atoms. The molecule has 0 saturated heterocycles. The Morgan fingerprint density at radius 1 is 1.03 bits per heavy atom. The lowest BCUT2D eigenvalue weighted by molar-refractivity contribution is -0.141. The van der Waals surface area contributed by atoms with Crippen LogP contribution in [0.4, 0.5) is 0 Å². The number of rotatable bonds is 13. The molecular weight excluding hydrogens is 402 g/mol. The number of methoxy groups -OCH3 is 2. The van der Waals surface area contributed by atoms with E-state index in [1.165, 1.54) is 21.3 Å². The van der Waals surface area contributed by atoms with Gasteiger partial charge in [-0.3, -0.25) is 9.59 Å². The molecule has 0 N–H and O–H groups in total. The van der Waals surface area contributed by atoms with Gasteiger partial charge in [0.05, 0.1) is 26.0 Å². The summed E-state index contributed by atoms with van der Waals surface area (Å²) < 4.78 is 15.8. The summed E-state index contributed by atoms with van der Waals surface area (Å²) in [5, 5.41) is 4.14. The third-order valence-electron chi connectivity index (χ3n) is 4.74. The monoisotopic (exact) mass is 439 g/mol. The Hall–Kier alpha value is -1.93. The van der Waals surface area contributed by atoms with Crippen LogP contribution in [0.5, 0.6) is 0 Å².